The number of para-hydroxylation sites is 1. The number of benzene rings is 1. The zero-order chi connectivity index (χ0) is 19.6. The van der Waals surface area contributed by atoms with Crippen molar-refractivity contribution in [1.82, 2.24) is 19.8 Å². The predicted molar refractivity (Wildman–Crippen MR) is 114 cm³/mol. The second-order valence-electron chi connectivity index (χ2n) is 7.26. The van der Waals surface area contributed by atoms with E-state index in [9.17, 15) is 4.79 Å². The molecule has 2 aliphatic rings. The van der Waals surface area contributed by atoms with E-state index in [1.54, 1.807) is 11.3 Å². The van der Waals surface area contributed by atoms with Crippen LogP contribution in [0.5, 0.6) is 0 Å². The van der Waals surface area contributed by atoms with Gasteiger partial charge in [-0.1, -0.05) is 12.1 Å². The molecule has 3 aromatic rings. The summed E-state index contributed by atoms with van der Waals surface area (Å²) in [5, 5.41) is 5.18. The van der Waals surface area contributed by atoms with Crippen molar-refractivity contribution in [3.8, 4) is 11.4 Å². The Balaban J connectivity index is 1.38. The number of nitrogens with zero attached hydrogens (tertiary/aromatic N) is 5. The lowest BCUT2D eigenvalue weighted by atomic mass is 10.2. The minimum absolute atomic E-state index is 0.124. The van der Waals surface area contributed by atoms with Crippen molar-refractivity contribution in [1.29, 1.82) is 0 Å². The average Bonchev–Trinajstić information content (AvgIpc) is 3.34. The van der Waals surface area contributed by atoms with Crippen LogP contribution in [0.1, 0.15) is 0 Å². The highest BCUT2D eigenvalue weighted by Crippen LogP contribution is 2.29. The van der Waals surface area contributed by atoms with Gasteiger partial charge >= 0.3 is 6.03 Å². The molecule has 8 heteroatoms. The van der Waals surface area contributed by atoms with Crippen molar-refractivity contribution in [3.05, 3.63) is 41.1 Å². The molecule has 0 unspecified atom stereocenters. The average molecular weight is 410 g/mol. The number of rotatable bonds is 2. The molecule has 0 aliphatic carbocycles. The van der Waals surface area contributed by atoms with Crippen LogP contribution in [0, 0.1) is 0 Å². The molecule has 0 bridgehead atoms. The first kappa shape index (κ1) is 18.3. The van der Waals surface area contributed by atoms with Gasteiger partial charge in [-0.2, -0.15) is 11.3 Å². The molecule has 0 saturated carbocycles. The monoisotopic (exact) mass is 409 g/mol. The van der Waals surface area contributed by atoms with Crippen molar-refractivity contribution in [2.24, 2.45) is 0 Å². The molecule has 2 fully saturated rings. The Kier molecular flexibility index (Phi) is 5.03. The standard InChI is InChI=1S/C21H23N5O2S/c27-21(26-10-12-28-13-11-26)25-8-6-24(7-9-25)20-17-3-1-2-4-18(17)22-19(23-20)16-5-14-29-15-16/h1-5,14-15H,6-13H2. The Hall–Kier alpha value is -2.71. The number of carbonyl (C=O) groups is 1. The first-order valence-corrected chi connectivity index (χ1v) is 10.9. The van der Waals surface area contributed by atoms with Gasteiger partial charge in [0.15, 0.2) is 5.82 Å². The third-order valence-corrected chi connectivity index (χ3v) is 6.18. The summed E-state index contributed by atoms with van der Waals surface area (Å²) in [6, 6.07) is 10.3. The van der Waals surface area contributed by atoms with Crippen LogP contribution in [0.3, 0.4) is 0 Å². The van der Waals surface area contributed by atoms with E-state index in [2.05, 4.69) is 22.4 Å². The summed E-state index contributed by atoms with van der Waals surface area (Å²) in [4.78, 5) is 28.6. The summed E-state index contributed by atoms with van der Waals surface area (Å²) in [5.41, 5.74) is 1.99. The molecule has 0 spiro atoms. The molecule has 5 rings (SSSR count). The number of amides is 2. The molecule has 7 nitrogen and oxygen atoms in total. The van der Waals surface area contributed by atoms with Crippen molar-refractivity contribution >= 4 is 34.1 Å². The van der Waals surface area contributed by atoms with E-state index in [1.807, 2.05) is 33.4 Å². The normalized spacial score (nSPS) is 17.7. The minimum atomic E-state index is 0.124. The summed E-state index contributed by atoms with van der Waals surface area (Å²) in [6.45, 7) is 5.54. The molecule has 0 atom stereocenters. The second-order valence-corrected chi connectivity index (χ2v) is 8.04. The number of urea groups is 1. The second kappa shape index (κ2) is 7.96. The Labute approximate surface area is 173 Å². The smallest absolute Gasteiger partial charge is 0.320 e. The van der Waals surface area contributed by atoms with E-state index in [0.29, 0.717) is 39.4 Å². The maximum Gasteiger partial charge on any atom is 0.320 e. The summed E-state index contributed by atoms with van der Waals surface area (Å²) in [6.07, 6.45) is 0. The van der Waals surface area contributed by atoms with Crippen LogP contribution in [0.15, 0.2) is 41.1 Å². The summed E-state index contributed by atoms with van der Waals surface area (Å²) in [5.74, 6) is 1.71. The van der Waals surface area contributed by atoms with Crippen molar-refractivity contribution < 1.29 is 9.53 Å². The molecule has 29 heavy (non-hydrogen) atoms. The van der Waals surface area contributed by atoms with Crippen LogP contribution < -0.4 is 4.90 Å². The van der Waals surface area contributed by atoms with Gasteiger partial charge in [-0.3, -0.25) is 0 Å². The van der Waals surface area contributed by atoms with Gasteiger partial charge in [-0.15, -0.1) is 0 Å². The van der Waals surface area contributed by atoms with Gasteiger partial charge in [0.1, 0.15) is 5.82 Å². The molecule has 0 radical (unpaired) electrons. The van der Waals surface area contributed by atoms with Crippen LogP contribution in [0.2, 0.25) is 0 Å². The molecule has 2 saturated heterocycles. The lowest BCUT2D eigenvalue weighted by molar-refractivity contribution is 0.0428. The SMILES string of the molecule is O=C(N1CCOCC1)N1CCN(c2nc(-c3ccsc3)nc3ccccc23)CC1. The number of carbonyl (C=O) groups excluding carboxylic acids is 1. The largest absolute Gasteiger partial charge is 0.378 e. The number of fused-ring (bicyclic) bond motifs is 1. The molecular weight excluding hydrogens is 386 g/mol. The highest BCUT2D eigenvalue weighted by Gasteiger charge is 2.27. The highest BCUT2D eigenvalue weighted by atomic mass is 32.1. The fraction of sp³-hybridized carbons (Fsp3) is 0.381. The van der Waals surface area contributed by atoms with E-state index in [4.69, 9.17) is 14.7 Å². The molecule has 150 valence electrons. The summed E-state index contributed by atoms with van der Waals surface area (Å²) >= 11 is 1.65. The lowest BCUT2D eigenvalue weighted by Gasteiger charge is -2.39. The van der Waals surface area contributed by atoms with E-state index in [0.717, 1.165) is 41.2 Å². The van der Waals surface area contributed by atoms with Crippen LogP contribution >= 0.6 is 11.3 Å². The van der Waals surface area contributed by atoms with Crippen LogP contribution in [0.25, 0.3) is 22.3 Å². The van der Waals surface area contributed by atoms with Gasteiger partial charge in [0.05, 0.1) is 18.7 Å². The molecule has 0 N–H and O–H groups in total. The Morgan fingerprint density at radius 1 is 0.931 bits per heavy atom. The summed E-state index contributed by atoms with van der Waals surface area (Å²) < 4.78 is 5.36. The molecule has 2 aliphatic heterocycles. The maximum atomic E-state index is 12.8. The first-order valence-electron chi connectivity index (χ1n) is 9.95. The number of hydrogen-bond acceptors (Lipinski definition) is 6. The number of thiophene rings is 1. The van der Waals surface area contributed by atoms with Gasteiger partial charge in [0.2, 0.25) is 0 Å². The fourth-order valence-corrected chi connectivity index (χ4v) is 4.52. The number of morpholine rings is 1. The van der Waals surface area contributed by atoms with Crippen LogP contribution in [-0.4, -0.2) is 78.3 Å². The number of anilines is 1. The van der Waals surface area contributed by atoms with E-state index >= 15 is 0 Å². The van der Waals surface area contributed by atoms with Gasteiger partial charge in [0, 0.05) is 55.6 Å². The number of piperazine rings is 1. The lowest BCUT2D eigenvalue weighted by Crippen LogP contribution is -2.55. The zero-order valence-electron chi connectivity index (χ0n) is 16.2. The zero-order valence-corrected chi connectivity index (χ0v) is 17.0. The fourth-order valence-electron chi connectivity index (χ4n) is 3.89. The van der Waals surface area contributed by atoms with E-state index in [1.165, 1.54) is 0 Å². The van der Waals surface area contributed by atoms with Crippen molar-refractivity contribution in [2.75, 3.05) is 57.4 Å². The highest BCUT2D eigenvalue weighted by molar-refractivity contribution is 7.08. The van der Waals surface area contributed by atoms with Crippen molar-refractivity contribution in [3.63, 3.8) is 0 Å². The Morgan fingerprint density at radius 3 is 2.45 bits per heavy atom. The topological polar surface area (TPSA) is 61.8 Å². The number of hydrogen-bond donors (Lipinski definition) is 0. The van der Waals surface area contributed by atoms with Gasteiger partial charge in [-0.05, 0) is 23.6 Å². The number of aromatic nitrogens is 2. The van der Waals surface area contributed by atoms with E-state index in [-0.39, 0.29) is 6.03 Å². The third kappa shape index (κ3) is 3.65. The van der Waals surface area contributed by atoms with Gasteiger partial charge in [0.25, 0.3) is 0 Å². The van der Waals surface area contributed by atoms with E-state index < -0.39 is 0 Å². The van der Waals surface area contributed by atoms with Gasteiger partial charge < -0.3 is 19.4 Å². The van der Waals surface area contributed by atoms with Crippen LogP contribution in [0.4, 0.5) is 10.6 Å². The van der Waals surface area contributed by atoms with Gasteiger partial charge in [-0.25, -0.2) is 14.8 Å². The number of ether oxygens (including phenoxy) is 1. The molecule has 2 amide bonds. The molecule has 2 aromatic heterocycles. The third-order valence-electron chi connectivity index (χ3n) is 5.49. The van der Waals surface area contributed by atoms with Crippen molar-refractivity contribution in [2.45, 2.75) is 0 Å². The Morgan fingerprint density at radius 2 is 1.69 bits per heavy atom. The molecule has 1 aromatic carbocycles. The maximum absolute atomic E-state index is 12.8. The predicted octanol–water partition coefficient (Wildman–Crippen LogP) is 2.93. The van der Waals surface area contributed by atoms with Crippen LogP contribution in [-0.2, 0) is 4.74 Å². The molecular formula is C21H23N5O2S. The summed E-state index contributed by atoms with van der Waals surface area (Å²) in [7, 11) is 0. The minimum Gasteiger partial charge on any atom is -0.378 e. The first-order chi connectivity index (χ1) is 14.3. The molecule has 4 heterocycles. The Bertz CT molecular complexity index is 995. The quantitative estimate of drug-likeness (QED) is 0.651.